The largest absolute Gasteiger partial charge is 0.493 e. The van der Waals surface area contributed by atoms with Gasteiger partial charge < -0.3 is 19.3 Å². The van der Waals surface area contributed by atoms with Crippen LogP contribution in [-0.2, 0) is 10.2 Å². The Morgan fingerprint density at radius 3 is 2.59 bits per heavy atom. The quantitative estimate of drug-likeness (QED) is 0.582. The van der Waals surface area contributed by atoms with Crippen LogP contribution in [-0.4, -0.2) is 76.8 Å². The van der Waals surface area contributed by atoms with Crippen molar-refractivity contribution in [3.05, 3.63) is 18.5 Å². The monoisotopic (exact) mass is 424 g/mol. The molecule has 1 aromatic carbocycles. The number of fused-ring (bicyclic) bond motifs is 1. The van der Waals surface area contributed by atoms with Crippen LogP contribution in [0.25, 0.3) is 10.9 Å². The summed E-state index contributed by atoms with van der Waals surface area (Å²) in [6, 6.07) is 3.78. The number of ether oxygens (including phenoxy) is 2. The zero-order valence-corrected chi connectivity index (χ0v) is 17.6. The molecule has 1 aromatic heterocycles. The molecule has 2 aromatic rings. The van der Waals surface area contributed by atoms with Crippen LogP contribution in [0, 0.1) is 0 Å². The summed E-state index contributed by atoms with van der Waals surface area (Å²) in [5.74, 6) is 2.17. The maximum atomic E-state index is 10.9. The van der Waals surface area contributed by atoms with Crippen molar-refractivity contribution >= 4 is 26.9 Å². The third kappa shape index (κ3) is 5.66. The molecule has 10 nitrogen and oxygen atoms in total. The van der Waals surface area contributed by atoms with Gasteiger partial charge in [-0.25, -0.2) is 19.8 Å². The van der Waals surface area contributed by atoms with E-state index < -0.39 is 10.2 Å². The van der Waals surface area contributed by atoms with Crippen molar-refractivity contribution in [1.82, 2.24) is 19.6 Å². The highest BCUT2D eigenvalue weighted by Gasteiger charge is 2.19. The number of benzene rings is 1. The standard InChI is InChI=1S/C18H28N6O4S/c1-27-16-11-14-15(12-17(16)28-2)20-13-21-18(14)24-8-4-7-23(9-10-24)6-3-5-22-29(19,25)26/h11-13,22H,3-10H2,1-2H3,(H2,19,25,26). The first-order valence-electron chi connectivity index (χ1n) is 9.52. The van der Waals surface area contributed by atoms with Crippen molar-refractivity contribution in [3.8, 4) is 11.5 Å². The van der Waals surface area contributed by atoms with Crippen LogP contribution >= 0.6 is 0 Å². The first-order chi connectivity index (χ1) is 13.9. The van der Waals surface area contributed by atoms with E-state index in [0.29, 0.717) is 24.5 Å². The fourth-order valence-electron chi connectivity index (χ4n) is 3.54. The first-order valence-corrected chi connectivity index (χ1v) is 11.1. The van der Waals surface area contributed by atoms with Crippen molar-refractivity contribution < 1.29 is 17.9 Å². The van der Waals surface area contributed by atoms with Crippen LogP contribution in [0.1, 0.15) is 12.8 Å². The van der Waals surface area contributed by atoms with E-state index in [1.807, 2.05) is 12.1 Å². The number of hydrogen-bond donors (Lipinski definition) is 2. The minimum atomic E-state index is -3.62. The van der Waals surface area contributed by atoms with Gasteiger partial charge in [-0.15, -0.1) is 0 Å². The Labute approximate surface area is 171 Å². The van der Waals surface area contributed by atoms with Gasteiger partial charge in [0, 0.05) is 37.6 Å². The van der Waals surface area contributed by atoms with Crippen LogP contribution in [0.5, 0.6) is 11.5 Å². The Hall–Kier alpha value is -2.21. The maximum Gasteiger partial charge on any atom is 0.274 e. The molecule has 11 heteroatoms. The lowest BCUT2D eigenvalue weighted by Crippen LogP contribution is -2.35. The molecular weight excluding hydrogens is 396 g/mol. The molecule has 0 bridgehead atoms. The van der Waals surface area contributed by atoms with Gasteiger partial charge in [0.15, 0.2) is 11.5 Å². The predicted octanol–water partition coefficient (Wildman–Crippen LogP) is 0.342. The van der Waals surface area contributed by atoms with Crippen molar-refractivity contribution in [2.75, 3.05) is 58.4 Å². The van der Waals surface area contributed by atoms with Crippen LogP contribution in [0.3, 0.4) is 0 Å². The van der Waals surface area contributed by atoms with Gasteiger partial charge in [-0.1, -0.05) is 0 Å². The van der Waals surface area contributed by atoms with Crippen LogP contribution < -0.4 is 24.2 Å². The summed E-state index contributed by atoms with van der Waals surface area (Å²) in [4.78, 5) is 13.5. The Balaban J connectivity index is 1.69. The highest BCUT2D eigenvalue weighted by molar-refractivity contribution is 7.87. The molecule has 1 saturated heterocycles. The van der Waals surface area contributed by atoms with Gasteiger partial charge in [0.2, 0.25) is 0 Å². The molecule has 0 radical (unpaired) electrons. The van der Waals surface area contributed by atoms with E-state index >= 15 is 0 Å². The van der Waals surface area contributed by atoms with E-state index in [2.05, 4.69) is 24.5 Å². The summed E-state index contributed by atoms with van der Waals surface area (Å²) >= 11 is 0. The molecule has 0 amide bonds. The van der Waals surface area contributed by atoms with Crippen LogP contribution in [0.15, 0.2) is 18.5 Å². The number of anilines is 1. The zero-order valence-electron chi connectivity index (χ0n) is 16.8. The van der Waals surface area contributed by atoms with Gasteiger partial charge in [-0.05, 0) is 32.0 Å². The summed E-state index contributed by atoms with van der Waals surface area (Å²) in [5.41, 5.74) is 0.808. The molecule has 1 fully saturated rings. The third-order valence-corrected chi connectivity index (χ3v) is 5.57. The third-order valence-electron chi connectivity index (χ3n) is 4.96. The topological polar surface area (TPSA) is 123 Å². The van der Waals surface area contributed by atoms with Gasteiger partial charge in [-0.3, -0.25) is 0 Å². The molecule has 0 unspecified atom stereocenters. The minimum Gasteiger partial charge on any atom is -0.493 e. The SMILES string of the molecule is COc1cc2ncnc(N3CCCN(CCCNS(N)(=O)=O)CC3)c2cc1OC. The number of nitrogens with zero attached hydrogens (tertiary/aromatic N) is 4. The average molecular weight is 425 g/mol. The maximum absolute atomic E-state index is 10.9. The molecule has 1 aliphatic rings. The second-order valence-electron chi connectivity index (χ2n) is 6.90. The van der Waals surface area contributed by atoms with Gasteiger partial charge in [0.1, 0.15) is 12.1 Å². The molecule has 0 aliphatic carbocycles. The fraction of sp³-hybridized carbons (Fsp3) is 0.556. The van der Waals surface area contributed by atoms with E-state index in [-0.39, 0.29) is 0 Å². The number of aromatic nitrogens is 2. The summed E-state index contributed by atoms with van der Waals surface area (Å²) < 4.78 is 35.0. The van der Waals surface area contributed by atoms with Crippen LogP contribution in [0.2, 0.25) is 0 Å². The Bertz CT molecular complexity index is 939. The molecule has 0 atom stereocenters. The molecule has 0 saturated carbocycles. The van der Waals surface area contributed by atoms with Gasteiger partial charge in [0.25, 0.3) is 10.2 Å². The summed E-state index contributed by atoms with van der Waals surface area (Å²) in [6.07, 6.45) is 3.27. The molecule has 0 spiro atoms. The lowest BCUT2D eigenvalue weighted by Gasteiger charge is -2.24. The fourth-order valence-corrected chi connectivity index (χ4v) is 3.97. The molecule has 2 heterocycles. The van der Waals surface area contributed by atoms with Crippen molar-refractivity contribution in [1.29, 1.82) is 0 Å². The van der Waals surface area contributed by atoms with E-state index in [1.165, 1.54) is 0 Å². The van der Waals surface area contributed by atoms with E-state index in [9.17, 15) is 8.42 Å². The lowest BCUT2D eigenvalue weighted by molar-refractivity contribution is 0.290. The van der Waals surface area contributed by atoms with E-state index in [1.54, 1.807) is 20.5 Å². The highest BCUT2D eigenvalue weighted by Crippen LogP contribution is 2.34. The van der Waals surface area contributed by atoms with Crippen molar-refractivity contribution in [3.63, 3.8) is 0 Å². The van der Waals surface area contributed by atoms with E-state index in [0.717, 1.165) is 55.9 Å². The summed E-state index contributed by atoms with van der Waals surface area (Å²) in [7, 11) is -0.403. The predicted molar refractivity (Wildman–Crippen MR) is 112 cm³/mol. The average Bonchev–Trinajstić information content (AvgIpc) is 2.94. The zero-order chi connectivity index (χ0) is 20.9. The molecule has 160 valence electrons. The smallest absolute Gasteiger partial charge is 0.274 e. The van der Waals surface area contributed by atoms with Crippen molar-refractivity contribution in [2.45, 2.75) is 12.8 Å². The number of rotatable bonds is 8. The van der Waals surface area contributed by atoms with Crippen LogP contribution in [0.4, 0.5) is 5.82 Å². The lowest BCUT2D eigenvalue weighted by atomic mass is 10.2. The van der Waals surface area contributed by atoms with Gasteiger partial charge >= 0.3 is 0 Å². The van der Waals surface area contributed by atoms with Crippen molar-refractivity contribution in [2.24, 2.45) is 5.14 Å². The second kappa shape index (κ2) is 9.53. The second-order valence-corrected chi connectivity index (χ2v) is 8.28. The molecular formula is C18H28N6O4S. The number of hydrogen-bond acceptors (Lipinski definition) is 8. The molecule has 3 N–H and O–H groups in total. The highest BCUT2D eigenvalue weighted by atomic mass is 32.2. The number of nitrogens with one attached hydrogen (secondary N) is 1. The molecule has 3 rings (SSSR count). The van der Waals surface area contributed by atoms with Gasteiger partial charge in [-0.2, -0.15) is 8.42 Å². The van der Waals surface area contributed by atoms with E-state index in [4.69, 9.17) is 14.6 Å². The molecule has 29 heavy (non-hydrogen) atoms. The number of nitrogens with two attached hydrogens (primary N) is 1. The molecule has 1 aliphatic heterocycles. The first kappa shape index (κ1) is 21.5. The minimum absolute atomic E-state index is 0.344. The summed E-state index contributed by atoms with van der Waals surface area (Å²) in [6.45, 7) is 4.68. The van der Waals surface area contributed by atoms with Gasteiger partial charge in [0.05, 0.1) is 19.7 Å². The Morgan fingerprint density at radius 1 is 1.10 bits per heavy atom. The number of methoxy groups -OCH3 is 2. The summed E-state index contributed by atoms with van der Waals surface area (Å²) in [5, 5.41) is 5.89. The Morgan fingerprint density at radius 2 is 1.86 bits per heavy atom. The normalized spacial score (nSPS) is 16.0. The Kier molecular flexibility index (Phi) is 7.06.